The second-order valence-corrected chi connectivity index (χ2v) is 4.34. The van der Waals surface area contributed by atoms with Gasteiger partial charge in [0.2, 0.25) is 0 Å². The van der Waals surface area contributed by atoms with Gasteiger partial charge in [0.15, 0.2) is 0 Å². The molecule has 3 nitrogen and oxygen atoms in total. The summed E-state index contributed by atoms with van der Waals surface area (Å²) >= 11 is 0. The van der Waals surface area contributed by atoms with E-state index in [0.717, 1.165) is 11.4 Å². The highest BCUT2D eigenvalue weighted by Gasteiger charge is 2.08. The summed E-state index contributed by atoms with van der Waals surface area (Å²) in [6, 6.07) is 10.6. The number of hydrogen-bond acceptors (Lipinski definition) is 3. The number of nitrogens with zero attached hydrogens (tertiary/aromatic N) is 2. The molecule has 0 fully saturated rings. The molecule has 3 heteroatoms. The van der Waals surface area contributed by atoms with Crippen LogP contribution in [0, 0.1) is 13.8 Å². The molecule has 1 N–H and O–H groups in total. The van der Waals surface area contributed by atoms with E-state index in [2.05, 4.69) is 53.6 Å². The van der Waals surface area contributed by atoms with Crippen molar-refractivity contribution in [3.05, 3.63) is 53.2 Å². The Morgan fingerprint density at radius 1 is 1.18 bits per heavy atom. The van der Waals surface area contributed by atoms with Crippen LogP contribution in [0.2, 0.25) is 0 Å². The molecule has 1 aromatic heterocycles. The fraction of sp³-hybridized carbons (Fsp3) is 0.286. The zero-order valence-electron chi connectivity index (χ0n) is 10.4. The number of aromatic nitrogens is 2. The average molecular weight is 227 g/mol. The van der Waals surface area contributed by atoms with Crippen molar-refractivity contribution in [2.24, 2.45) is 0 Å². The highest BCUT2D eigenvalue weighted by atomic mass is 15.2. The molecule has 0 bridgehead atoms. The Kier molecular flexibility index (Phi) is 3.38. The summed E-state index contributed by atoms with van der Waals surface area (Å²) in [5.74, 6) is 0.820. The van der Waals surface area contributed by atoms with Crippen molar-refractivity contribution in [2.75, 3.05) is 5.32 Å². The van der Waals surface area contributed by atoms with Crippen molar-refractivity contribution < 1.29 is 0 Å². The molecule has 2 rings (SSSR count). The van der Waals surface area contributed by atoms with E-state index in [0.29, 0.717) is 0 Å². The Labute approximate surface area is 102 Å². The average Bonchev–Trinajstić information content (AvgIpc) is 2.29. The molecule has 17 heavy (non-hydrogen) atoms. The molecule has 0 aliphatic carbocycles. The number of nitrogens with one attached hydrogen (secondary N) is 1. The first-order chi connectivity index (χ1) is 8.16. The molecule has 0 amide bonds. The summed E-state index contributed by atoms with van der Waals surface area (Å²) in [6.07, 6.45) is 1.75. The molecular formula is C14H17N3. The minimum Gasteiger partial charge on any atom is -0.362 e. The van der Waals surface area contributed by atoms with Gasteiger partial charge in [0.05, 0.1) is 12.2 Å². The van der Waals surface area contributed by atoms with Gasteiger partial charge in [-0.05, 0) is 43.5 Å². The monoisotopic (exact) mass is 227 g/mol. The van der Waals surface area contributed by atoms with Gasteiger partial charge in [-0.15, -0.1) is 5.10 Å². The van der Waals surface area contributed by atoms with Gasteiger partial charge in [-0.25, -0.2) is 0 Å². The van der Waals surface area contributed by atoms with Gasteiger partial charge in [0, 0.05) is 0 Å². The van der Waals surface area contributed by atoms with E-state index in [1.54, 1.807) is 6.20 Å². The molecule has 0 aliphatic rings. The first-order valence-electron chi connectivity index (χ1n) is 5.78. The summed E-state index contributed by atoms with van der Waals surface area (Å²) in [5, 5.41) is 11.4. The second kappa shape index (κ2) is 4.95. The van der Waals surface area contributed by atoms with Crippen LogP contribution in [0.5, 0.6) is 0 Å². The van der Waals surface area contributed by atoms with Crippen LogP contribution in [0.15, 0.2) is 36.5 Å². The Morgan fingerprint density at radius 2 is 1.94 bits per heavy atom. The first kappa shape index (κ1) is 11.6. The number of hydrogen-bond donors (Lipinski definition) is 1. The molecule has 0 aliphatic heterocycles. The minimum atomic E-state index is 0.229. The van der Waals surface area contributed by atoms with Crippen LogP contribution in [0.1, 0.15) is 29.7 Å². The molecule has 2 aromatic rings. The Hall–Kier alpha value is -1.90. The zero-order valence-corrected chi connectivity index (χ0v) is 10.4. The number of anilines is 1. The van der Waals surface area contributed by atoms with Crippen molar-refractivity contribution in [1.29, 1.82) is 0 Å². The van der Waals surface area contributed by atoms with Gasteiger partial charge in [0.25, 0.3) is 0 Å². The number of aryl methyl sites for hydroxylation is 2. The van der Waals surface area contributed by atoms with Crippen LogP contribution < -0.4 is 5.32 Å². The predicted molar refractivity (Wildman–Crippen MR) is 70.0 cm³/mol. The van der Waals surface area contributed by atoms with Gasteiger partial charge in [-0.2, -0.15) is 5.10 Å². The SMILES string of the molecule is Cc1cnnc(NC(C)c2ccccc2C)c1. The van der Waals surface area contributed by atoms with E-state index >= 15 is 0 Å². The summed E-state index contributed by atoms with van der Waals surface area (Å²) in [4.78, 5) is 0. The van der Waals surface area contributed by atoms with Gasteiger partial charge < -0.3 is 5.32 Å². The summed E-state index contributed by atoms with van der Waals surface area (Å²) in [6.45, 7) is 6.26. The zero-order chi connectivity index (χ0) is 12.3. The van der Waals surface area contributed by atoms with E-state index < -0.39 is 0 Å². The van der Waals surface area contributed by atoms with Crippen molar-refractivity contribution >= 4 is 5.82 Å². The van der Waals surface area contributed by atoms with Crippen LogP contribution in [-0.4, -0.2) is 10.2 Å². The van der Waals surface area contributed by atoms with Gasteiger partial charge in [-0.1, -0.05) is 24.3 Å². The van der Waals surface area contributed by atoms with Gasteiger partial charge in [0.1, 0.15) is 5.82 Å². The highest BCUT2D eigenvalue weighted by Crippen LogP contribution is 2.20. The van der Waals surface area contributed by atoms with Crippen molar-refractivity contribution in [1.82, 2.24) is 10.2 Å². The van der Waals surface area contributed by atoms with E-state index in [1.807, 2.05) is 13.0 Å². The van der Waals surface area contributed by atoms with Gasteiger partial charge >= 0.3 is 0 Å². The largest absolute Gasteiger partial charge is 0.362 e. The molecule has 1 unspecified atom stereocenters. The lowest BCUT2D eigenvalue weighted by Crippen LogP contribution is -2.09. The fourth-order valence-corrected chi connectivity index (χ4v) is 1.91. The number of benzene rings is 1. The smallest absolute Gasteiger partial charge is 0.149 e. The van der Waals surface area contributed by atoms with Crippen molar-refractivity contribution in [3.8, 4) is 0 Å². The standard InChI is InChI=1S/C14H17N3/c1-10-8-14(17-15-9-10)16-12(3)13-7-5-4-6-11(13)2/h4-9,12H,1-3H3,(H,16,17). The molecule has 1 heterocycles. The molecular weight excluding hydrogens is 210 g/mol. The number of rotatable bonds is 3. The Morgan fingerprint density at radius 3 is 2.65 bits per heavy atom. The third-order valence-electron chi connectivity index (χ3n) is 2.81. The summed E-state index contributed by atoms with van der Waals surface area (Å²) in [7, 11) is 0. The van der Waals surface area contributed by atoms with Crippen LogP contribution in [0.25, 0.3) is 0 Å². The normalized spacial score (nSPS) is 12.2. The molecule has 0 saturated carbocycles. The molecule has 0 radical (unpaired) electrons. The molecule has 1 aromatic carbocycles. The Balaban J connectivity index is 2.17. The lowest BCUT2D eigenvalue weighted by molar-refractivity contribution is 0.850. The van der Waals surface area contributed by atoms with Crippen LogP contribution in [0.3, 0.4) is 0 Å². The molecule has 1 atom stereocenters. The van der Waals surface area contributed by atoms with E-state index in [-0.39, 0.29) is 6.04 Å². The topological polar surface area (TPSA) is 37.8 Å². The lowest BCUT2D eigenvalue weighted by atomic mass is 10.0. The van der Waals surface area contributed by atoms with Crippen molar-refractivity contribution in [3.63, 3.8) is 0 Å². The summed E-state index contributed by atoms with van der Waals surface area (Å²) in [5.41, 5.74) is 3.68. The Bertz CT molecular complexity index is 508. The maximum atomic E-state index is 4.07. The lowest BCUT2D eigenvalue weighted by Gasteiger charge is -2.16. The van der Waals surface area contributed by atoms with Crippen LogP contribution >= 0.6 is 0 Å². The molecule has 0 saturated heterocycles. The maximum absolute atomic E-state index is 4.07. The maximum Gasteiger partial charge on any atom is 0.149 e. The van der Waals surface area contributed by atoms with Gasteiger partial charge in [-0.3, -0.25) is 0 Å². The van der Waals surface area contributed by atoms with E-state index in [1.165, 1.54) is 11.1 Å². The molecule has 0 spiro atoms. The van der Waals surface area contributed by atoms with Crippen LogP contribution in [-0.2, 0) is 0 Å². The molecule has 88 valence electrons. The van der Waals surface area contributed by atoms with Crippen molar-refractivity contribution in [2.45, 2.75) is 26.8 Å². The quantitative estimate of drug-likeness (QED) is 0.874. The van der Waals surface area contributed by atoms with E-state index in [4.69, 9.17) is 0 Å². The fourth-order valence-electron chi connectivity index (χ4n) is 1.91. The summed E-state index contributed by atoms with van der Waals surface area (Å²) < 4.78 is 0. The first-order valence-corrected chi connectivity index (χ1v) is 5.78. The third-order valence-corrected chi connectivity index (χ3v) is 2.81. The van der Waals surface area contributed by atoms with Crippen LogP contribution in [0.4, 0.5) is 5.82 Å². The minimum absolute atomic E-state index is 0.229. The second-order valence-electron chi connectivity index (χ2n) is 4.34. The predicted octanol–water partition coefficient (Wildman–Crippen LogP) is 3.27. The van der Waals surface area contributed by atoms with E-state index in [9.17, 15) is 0 Å². The highest BCUT2D eigenvalue weighted by molar-refractivity contribution is 5.40. The third kappa shape index (κ3) is 2.81.